The number of aliphatic hydroxyl groups is 3. The molecule has 0 aromatic rings. The highest BCUT2D eigenvalue weighted by atomic mass is 32.2. The molecule has 2 bridgehead atoms. The molecule has 0 amide bonds. The van der Waals surface area contributed by atoms with E-state index in [0.717, 1.165) is 0 Å². The normalized spacial score (nSPS) is 46.1. The Morgan fingerprint density at radius 2 is 1.86 bits per heavy atom. The van der Waals surface area contributed by atoms with Gasteiger partial charge in [0.15, 0.2) is 18.6 Å². The summed E-state index contributed by atoms with van der Waals surface area (Å²) in [7, 11) is 2.62. The summed E-state index contributed by atoms with van der Waals surface area (Å²) in [6.45, 7) is 1.57. The molecule has 12 nitrogen and oxygen atoms in total. The lowest BCUT2D eigenvalue weighted by Gasteiger charge is -2.45. The molecule has 0 spiro atoms. The van der Waals surface area contributed by atoms with Crippen molar-refractivity contribution in [3.63, 3.8) is 0 Å². The van der Waals surface area contributed by atoms with Gasteiger partial charge in [0.2, 0.25) is 0 Å². The SMILES string of the molecule is COOOSOC1C(CO)OC(OC2C3COC2C(O)C(C)O3)C(O)C1OC. The van der Waals surface area contributed by atoms with Crippen molar-refractivity contribution in [2.45, 2.75) is 68.1 Å². The van der Waals surface area contributed by atoms with E-state index >= 15 is 0 Å². The lowest BCUT2D eigenvalue weighted by molar-refractivity contribution is -0.450. The van der Waals surface area contributed by atoms with Crippen LogP contribution in [0.1, 0.15) is 6.92 Å². The molecule has 164 valence electrons. The fourth-order valence-electron chi connectivity index (χ4n) is 3.60. The Hall–Kier alpha value is -0.130. The minimum Gasteiger partial charge on any atom is -0.394 e. The fourth-order valence-corrected chi connectivity index (χ4v) is 4.04. The molecule has 3 aliphatic rings. The molecule has 10 atom stereocenters. The number of hydrogen-bond acceptors (Lipinski definition) is 13. The molecule has 3 saturated heterocycles. The number of rotatable bonds is 9. The molecular weight excluding hydrogens is 404 g/mol. The van der Waals surface area contributed by atoms with Crippen LogP contribution in [0.4, 0.5) is 0 Å². The van der Waals surface area contributed by atoms with E-state index < -0.39 is 67.8 Å². The van der Waals surface area contributed by atoms with Gasteiger partial charge in [0.25, 0.3) is 0 Å². The molecule has 0 aromatic heterocycles. The standard InChI is InChI=1S/C15H26O12S/c1-6-9(17)14-11(8(22-6)5-21-14)24-15-10(18)13(19-2)12(7(4-16)23-15)25-28-27-26-20-3/h6-18H,4-5H2,1-3H3. The summed E-state index contributed by atoms with van der Waals surface area (Å²) in [5, 5.41) is 34.8. The van der Waals surface area contributed by atoms with Crippen molar-refractivity contribution < 1.29 is 57.4 Å². The topological polar surface area (TPSA) is 144 Å². The van der Waals surface area contributed by atoms with Crippen LogP contribution < -0.4 is 0 Å². The Morgan fingerprint density at radius 1 is 1.07 bits per heavy atom. The zero-order valence-corrected chi connectivity index (χ0v) is 16.4. The number of fused-ring (bicyclic) bond motifs is 2. The summed E-state index contributed by atoms with van der Waals surface area (Å²) in [4.78, 5) is 4.25. The fraction of sp³-hybridized carbons (Fsp3) is 1.00. The van der Waals surface area contributed by atoms with Crippen LogP contribution in [-0.4, -0.2) is 104 Å². The maximum atomic E-state index is 10.7. The van der Waals surface area contributed by atoms with Gasteiger partial charge in [-0.05, 0) is 6.92 Å². The second-order valence-electron chi connectivity index (χ2n) is 6.62. The first-order valence-corrected chi connectivity index (χ1v) is 9.45. The Morgan fingerprint density at radius 3 is 2.54 bits per heavy atom. The maximum absolute atomic E-state index is 10.7. The van der Waals surface area contributed by atoms with Gasteiger partial charge in [-0.2, -0.15) is 0 Å². The predicted octanol–water partition coefficient (Wildman–Crippen LogP) is -1.53. The average molecular weight is 430 g/mol. The highest BCUT2D eigenvalue weighted by Crippen LogP contribution is 2.35. The third kappa shape index (κ3) is 4.62. The lowest BCUT2D eigenvalue weighted by Crippen LogP contribution is -2.62. The van der Waals surface area contributed by atoms with E-state index in [1.165, 1.54) is 14.2 Å². The van der Waals surface area contributed by atoms with Gasteiger partial charge in [0.05, 0.1) is 26.4 Å². The van der Waals surface area contributed by atoms with E-state index in [2.05, 4.69) is 14.3 Å². The number of hydrogen-bond donors (Lipinski definition) is 3. The molecule has 3 rings (SSSR count). The molecule has 3 N–H and O–H groups in total. The summed E-state index contributed by atoms with van der Waals surface area (Å²) in [6.07, 6.45) is -8.08. The van der Waals surface area contributed by atoms with Crippen molar-refractivity contribution in [1.29, 1.82) is 0 Å². The van der Waals surface area contributed by atoms with Gasteiger partial charge in [-0.15, -0.1) is 4.33 Å². The Balaban J connectivity index is 1.65. The monoisotopic (exact) mass is 430 g/mol. The van der Waals surface area contributed by atoms with Crippen LogP contribution in [0.5, 0.6) is 0 Å². The van der Waals surface area contributed by atoms with Crippen LogP contribution >= 0.6 is 12.3 Å². The number of methoxy groups -OCH3 is 1. The molecule has 0 aliphatic carbocycles. The lowest BCUT2D eigenvalue weighted by atomic mass is 9.97. The molecule has 0 radical (unpaired) electrons. The second-order valence-corrected chi connectivity index (χ2v) is 7.08. The molecular formula is C15H26O12S. The van der Waals surface area contributed by atoms with Crippen molar-refractivity contribution in [1.82, 2.24) is 0 Å². The zero-order chi connectivity index (χ0) is 20.3. The van der Waals surface area contributed by atoms with E-state index in [9.17, 15) is 15.3 Å². The number of ether oxygens (including phenoxy) is 5. The third-order valence-corrected chi connectivity index (χ3v) is 5.39. The van der Waals surface area contributed by atoms with Gasteiger partial charge >= 0.3 is 0 Å². The van der Waals surface area contributed by atoms with Gasteiger partial charge in [-0.25, -0.2) is 4.89 Å². The van der Waals surface area contributed by atoms with Crippen LogP contribution in [0, 0.1) is 0 Å². The molecule has 0 saturated carbocycles. The van der Waals surface area contributed by atoms with Crippen molar-refractivity contribution in [3.8, 4) is 0 Å². The third-order valence-electron chi connectivity index (χ3n) is 4.98. The van der Waals surface area contributed by atoms with E-state index in [1.807, 2.05) is 0 Å². The van der Waals surface area contributed by atoms with E-state index in [-0.39, 0.29) is 6.61 Å². The molecule has 13 heteroatoms. The molecule has 3 aliphatic heterocycles. The highest BCUT2D eigenvalue weighted by Gasteiger charge is 2.54. The summed E-state index contributed by atoms with van der Waals surface area (Å²) in [5.41, 5.74) is 0. The van der Waals surface area contributed by atoms with Crippen LogP contribution in [0.2, 0.25) is 0 Å². The molecule has 3 heterocycles. The van der Waals surface area contributed by atoms with Gasteiger partial charge in [0.1, 0.15) is 48.8 Å². The molecule has 3 fully saturated rings. The van der Waals surface area contributed by atoms with E-state index in [4.69, 9.17) is 27.9 Å². The first-order valence-electron chi connectivity index (χ1n) is 8.79. The van der Waals surface area contributed by atoms with Crippen molar-refractivity contribution in [2.24, 2.45) is 0 Å². The van der Waals surface area contributed by atoms with E-state index in [0.29, 0.717) is 12.3 Å². The first kappa shape index (κ1) is 22.6. The van der Waals surface area contributed by atoms with Crippen LogP contribution in [0.3, 0.4) is 0 Å². The quantitative estimate of drug-likeness (QED) is 0.168. The van der Waals surface area contributed by atoms with Crippen molar-refractivity contribution in [3.05, 3.63) is 0 Å². The first-order chi connectivity index (χ1) is 13.5. The van der Waals surface area contributed by atoms with E-state index in [1.54, 1.807) is 6.92 Å². The van der Waals surface area contributed by atoms with Crippen LogP contribution in [-0.2, 0) is 42.1 Å². The van der Waals surface area contributed by atoms with Gasteiger partial charge in [-0.1, -0.05) is 5.04 Å². The molecule has 10 unspecified atom stereocenters. The zero-order valence-electron chi connectivity index (χ0n) is 15.6. The molecule has 0 aromatic carbocycles. The van der Waals surface area contributed by atoms with Gasteiger partial charge in [-0.3, -0.25) is 4.18 Å². The minimum atomic E-state index is -1.27. The maximum Gasteiger partial charge on any atom is 0.198 e. The molecule has 28 heavy (non-hydrogen) atoms. The number of aliphatic hydroxyl groups excluding tert-OH is 3. The van der Waals surface area contributed by atoms with Crippen LogP contribution in [0.25, 0.3) is 0 Å². The minimum absolute atomic E-state index is 0.260. The largest absolute Gasteiger partial charge is 0.394 e. The highest BCUT2D eigenvalue weighted by molar-refractivity contribution is 7.89. The Kier molecular flexibility index (Phi) is 8.26. The Bertz CT molecular complexity index is 486. The second kappa shape index (κ2) is 10.3. The van der Waals surface area contributed by atoms with Crippen LogP contribution in [0.15, 0.2) is 0 Å². The predicted molar refractivity (Wildman–Crippen MR) is 89.1 cm³/mol. The summed E-state index contributed by atoms with van der Waals surface area (Å²) in [5.74, 6) is 0. The summed E-state index contributed by atoms with van der Waals surface area (Å²) in [6, 6.07) is 0. The average Bonchev–Trinajstić information content (AvgIpc) is 3.00. The van der Waals surface area contributed by atoms with Gasteiger partial charge in [0, 0.05) is 7.11 Å². The Labute approximate surface area is 166 Å². The van der Waals surface area contributed by atoms with Crippen molar-refractivity contribution in [2.75, 3.05) is 27.4 Å². The van der Waals surface area contributed by atoms with Crippen molar-refractivity contribution >= 4 is 12.3 Å². The van der Waals surface area contributed by atoms with Gasteiger partial charge < -0.3 is 39.0 Å². The smallest absolute Gasteiger partial charge is 0.198 e. The summed E-state index contributed by atoms with van der Waals surface area (Å²) >= 11 is 0.429. The summed E-state index contributed by atoms with van der Waals surface area (Å²) < 4.78 is 38.0.